The molecule has 1 saturated heterocycles. The van der Waals surface area contributed by atoms with Crippen LogP contribution in [0.25, 0.3) is 0 Å². The number of methoxy groups -OCH3 is 1. The summed E-state index contributed by atoms with van der Waals surface area (Å²) >= 11 is 2.15. The van der Waals surface area contributed by atoms with Gasteiger partial charge in [0.15, 0.2) is 21.4 Å². The monoisotopic (exact) mass is 578 g/mol. The van der Waals surface area contributed by atoms with Gasteiger partial charge in [-0.2, -0.15) is 4.98 Å². The van der Waals surface area contributed by atoms with Crippen molar-refractivity contribution in [2.75, 3.05) is 42.6 Å². The van der Waals surface area contributed by atoms with Gasteiger partial charge in [-0.05, 0) is 29.8 Å². The van der Waals surface area contributed by atoms with Crippen LogP contribution >= 0.6 is 22.6 Å². The summed E-state index contributed by atoms with van der Waals surface area (Å²) in [5, 5.41) is 3.25. The Balaban J connectivity index is 0.00000176. The molecule has 0 atom stereocenters. The highest BCUT2D eigenvalue weighted by Crippen LogP contribution is 2.39. The third-order valence-corrected chi connectivity index (χ3v) is 5.99. The standard InChI is InChI=1S/C20H28N4O5S.CH3I/c1-12(2)14-9-16(27-3)18(30(4,25)26)10-15(14)29-17-11-22-20(24-19(17)21)23-13-5-7-28-8-6-13;1-2/h9-13H,5-8H2,1-4H3,(H3,21,22,23,24);1H3. The number of nitrogens with two attached hydrogens (primary N) is 1. The zero-order valence-corrected chi connectivity index (χ0v) is 22.0. The van der Waals surface area contributed by atoms with E-state index in [4.69, 9.17) is 19.9 Å². The lowest BCUT2D eigenvalue weighted by molar-refractivity contribution is 0.0903. The Hall–Kier alpha value is -1.86. The van der Waals surface area contributed by atoms with Crippen LogP contribution in [0.5, 0.6) is 17.2 Å². The summed E-state index contributed by atoms with van der Waals surface area (Å²) in [4.78, 5) is 10.6. The lowest BCUT2D eigenvalue weighted by Crippen LogP contribution is -2.28. The van der Waals surface area contributed by atoms with Crippen LogP contribution in [0.15, 0.2) is 23.2 Å². The molecule has 1 fully saturated rings. The average molecular weight is 578 g/mol. The number of halogens is 1. The largest absolute Gasteiger partial charge is 0.495 e. The molecule has 32 heavy (non-hydrogen) atoms. The van der Waals surface area contributed by atoms with Gasteiger partial charge in [-0.25, -0.2) is 13.4 Å². The molecule has 1 aromatic carbocycles. The molecule has 0 unspecified atom stereocenters. The van der Waals surface area contributed by atoms with E-state index in [9.17, 15) is 8.42 Å². The normalized spacial score (nSPS) is 14.5. The number of sulfone groups is 1. The molecule has 9 nitrogen and oxygen atoms in total. The molecule has 0 radical (unpaired) electrons. The maximum Gasteiger partial charge on any atom is 0.225 e. The number of anilines is 2. The highest BCUT2D eigenvalue weighted by molar-refractivity contribution is 14.1. The molecular formula is C21H31IN4O5S. The van der Waals surface area contributed by atoms with E-state index in [1.165, 1.54) is 19.4 Å². The first-order valence-electron chi connectivity index (χ1n) is 10.1. The van der Waals surface area contributed by atoms with E-state index in [2.05, 4.69) is 37.9 Å². The van der Waals surface area contributed by atoms with Crippen LogP contribution in [0.1, 0.15) is 38.2 Å². The van der Waals surface area contributed by atoms with Gasteiger partial charge in [0, 0.05) is 37.1 Å². The fourth-order valence-electron chi connectivity index (χ4n) is 3.22. The second-order valence-electron chi connectivity index (χ2n) is 7.54. The van der Waals surface area contributed by atoms with Crippen molar-refractivity contribution in [3.63, 3.8) is 0 Å². The van der Waals surface area contributed by atoms with E-state index in [1.54, 1.807) is 6.07 Å². The van der Waals surface area contributed by atoms with E-state index in [1.807, 2.05) is 18.8 Å². The lowest BCUT2D eigenvalue weighted by Gasteiger charge is -2.23. The molecule has 0 aliphatic carbocycles. The first-order chi connectivity index (χ1) is 15.2. The summed E-state index contributed by atoms with van der Waals surface area (Å²) in [6.45, 7) is 5.35. The zero-order chi connectivity index (χ0) is 23.9. The maximum absolute atomic E-state index is 12.2. The molecule has 3 N–H and O–H groups in total. The van der Waals surface area contributed by atoms with Crippen LogP contribution in [0.3, 0.4) is 0 Å². The van der Waals surface area contributed by atoms with Crippen molar-refractivity contribution in [1.82, 2.24) is 9.97 Å². The molecule has 1 aromatic heterocycles. The molecular weight excluding hydrogens is 547 g/mol. The fourth-order valence-corrected chi connectivity index (χ4v) is 4.05. The average Bonchev–Trinajstić information content (AvgIpc) is 2.76. The second-order valence-corrected chi connectivity index (χ2v) is 9.53. The Labute approximate surface area is 203 Å². The van der Waals surface area contributed by atoms with Gasteiger partial charge in [-0.15, -0.1) is 0 Å². The van der Waals surface area contributed by atoms with E-state index in [-0.39, 0.29) is 34.2 Å². The van der Waals surface area contributed by atoms with Crippen molar-refractivity contribution in [3.8, 4) is 17.2 Å². The molecule has 2 aromatic rings. The van der Waals surface area contributed by atoms with Crippen molar-refractivity contribution in [2.24, 2.45) is 0 Å². The lowest BCUT2D eigenvalue weighted by atomic mass is 10.0. The van der Waals surface area contributed by atoms with E-state index in [0.29, 0.717) is 24.9 Å². The van der Waals surface area contributed by atoms with Crippen LogP contribution in [-0.4, -0.2) is 55.9 Å². The number of nitrogens with one attached hydrogen (secondary N) is 1. The molecule has 2 heterocycles. The molecule has 1 aliphatic heterocycles. The number of rotatable bonds is 7. The molecule has 0 bridgehead atoms. The summed E-state index contributed by atoms with van der Waals surface area (Å²) < 4.78 is 41.0. The molecule has 1 aliphatic rings. The van der Waals surface area contributed by atoms with Crippen LogP contribution in [0, 0.1) is 0 Å². The van der Waals surface area contributed by atoms with Crippen LogP contribution in [0.2, 0.25) is 0 Å². The van der Waals surface area contributed by atoms with Gasteiger partial charge in [0.25, 0.3) is 0 Å². The van der Waals surface area contributed by atoms with Gasteiger partial charge < -0.3 is 25.3 Å². The van der Waals surface area contributed by atoms with Crippen molar-refractivity contribution in [1.29, 1.82) is 0 Å². The third-order valence-electron chi connectivity index (χ3n) is 4.87. The quantitative estimate of drug-likeness (QED) is 0.370. The van der Waals surface area contributed by atoms with E-state index >= 15 is 0 Å². The molecule has 0 saturated carbocycles. The van der Waals surface area contributed by atoms with Gasteiger partial charge in [0.2, 0.25) is 5.95 Å². The number of benzene rings is 1. The first-order valence-corrected chi connectivity index (χ1v) is 14.2. The molecule has 11 heteroatoms. The second kappa shape index (κ2) is 11.8. The SMILES string of the molecule is CI.COc1cc(C(C)C)c(Oc2cnc(NC3CCOCC3)nc2N)cc1S(C)(=O)=O. The number of alkyl halides is 1. The van der Waals surface area contributed by atoms with Crippen molar-refractivity contribution < 1.29 is 22.6 Å². The van der Waals surface area contributed by atoms with Gasteiger partial charge in [-0.1, -0.05) is 36.4 Å². The first kappa shape index (κ1) is 26.4. The van der Waals surface area contributed by atoms with Crippen LogP contribution < -0.4 is 20.5 Å². The van der Waals surface area contributed by atoms with E-state index < -0.39 is 9.84 Å². The summed E-state index contributed by atoms with van der Waals surface area (Å²) in [5.41, 5.74) is 6.88. The van der Waals surface area contributed by atoms with Gasteiger partial charge in [0.05, 0.1) is 13.3 Å². The topological polar surface area (TPSA) is 126 Å². The summed E-state index contributed by atoms with van der Waals surface area (Å²) in [7, 11) is -2.09. The van der Waals surface area contributed by atoms with E-state index in [0.717, 1.165) is 24.7 Å². The summed E-state index contributed by atoms with van der Waals surface area (Å²) in [6.07, 6.45) is 4.36. The minimum Gasteiger partial charge on any atom is -0.495 e. The summed E-state index contributed by atoms with van der Waals surface area (Å²) in [5.74, 6) is 1.52. The zero-order valence-electron chi connectivity index (χ0n) is 19.0. The van der Waals surface area contributed by atoms with Crippen LogP contribution in [0.4, 0.5) is 11.8 Å². The molecule has 178 valence electrons. The Morgan fingerprint density at radius 1 is 1.19 bits per heavy atom. The Morgan fingerprint density at radius 2 is 1.84 bits per heavy atom. The maximum atomic E-state index is 12.2. The highest BCUT2D eigenvalue weighted by atomic mass is 127. The predicted molar refractivity (Wildman–Crippen MR) is 134 cm³/mol. The van der Waals surface area contributed by atoms with Gasteiger partial charge >= 0.3 is 0 Å². The highest BCUT2D eigenvalue weighted by Gasteiger charge is 2.22. The number of ether oxygens (including phenoxy) is 3. The molecule has 0 spiro atoms. The van der Waals surface area contributed by atoms with Crippen molar-refractivity contribution >= 4 is 44.2 Å². The van der Waals surface area contributed by atoms with Crippen molar-refractivity contribution in [2.45, 2.75) is 43.5 Å². The number of nitrogens with zero attached hydrogens (tertiary/aromatic N) is 2. The smallest absolute Gasteiger partial charge is 0.225 e. The van der Waals surface area contributed by atoms with Crippen LogP contribution in [-0.2, 0) is 14.6 Å². The van der Waals surface area contributed by atoms with Gasteiger partial charge in [0.1, 0.15) is 16.4 Å². The molecule has 3 rings (SSSR count). The summed E-state index contributed by atoms with van der Waals surface area (Å²) in [6, 6.07) is 3.36. The third kappa shape index (κ3) is 6.82. The fraction of sp³-hybridized carbons (Fsp3) is 0.524. The predicted octanol–water partition coefficient (Wildman–Crippen LogP) is 4.03. The minimum absolute atomic E-state index is 0.0432. The van der Waals surface area contributed by atoms with Crippen molar-refractivity contribution in [3.05, 3.63) is 23.9 Å². The van der Waals surface area contributed by atoms with Gasteiger partial charge in [-0.3, -0.25) is 0 Å². The number of hydrogen-bond donors (Lipinski definition) is 2. The Morgan fingerprint density at radius 3 is 2.38 bits per heavy atom. The number of nitrogen functional groups attached to an aromatic ring is 1. The minimum atomic E-state index is -3.52. The molecule has 0 amide bonds. The number of hydrogen-bond acceptors (Lipinski definition) is 9. The Bertz CT molecular complexity index is 1010. The number of aromatic nitrogens is 2. The Kier molecular flexibility index (Phi) is 9.77.